The molecule has 2 N–H and O–H groups in total. The third-order valence-corrected chi connectivity index (χ3v) is 10.2. The monoisotopic (exact) mass is 456 g/mol. The van der Waals surface area contributed by atoms with E-state index >= 15 is 0 Å². The zero-order valence-electron chi connectivity index (χ0n) is 19.9. The summed E-state index contributed by atoms with van der Waals surface area (Å²) in [4.78, 5) is 0. The summed E-state index contributed by atoms with van der Waals surface area (Å²) in [5.74, 6) is 0. The molecule has 1 aromatic rings. The van der Waals surface area contributed by atoms with Crippen LogP contribution in [0.25, 0.3) is 0 Å². The Kier molecular flexibility index (Phi) is 15.1. The molecule has 0 heterocycles. The van der Waals surface area contributed by atoms with Crippen molar-refractivity contribution in [3.8, 4) is 0 Å². The Morgan fingerprint density at radius 3 is 1.20 bits per heavy atom. The van der Waals surface area contributed by atoms with Gasteiger partial charge in [0.25, 0.3) is 0 Å². The van der Waals surface area contributed by atoms with E-state index in [0.717, 1.165) is 63.7 Å². The van der Waals surface area contributed by atoms with Crippen molar-refractivity contribution in [2.24, 2.45) is 0 Å². The normalized spacial score (nSPS) is 13.6. The Morgan fingerprint density at radius 1 is 0.633 bits per heavy atom. The molecule has 30 heavy (non-hydrogen) atoms. The van der Waals surface area contributed by atoms with Crippen molar-refractivity contribution in [3.05, 3.63) is 24.3 Å². The topological polar surface area (TPSA) is 61.0 Å². The number of nitrogens with one attached hydrogen (secondary N) is 2. The van der Waals surface area contributed by atoms with Gasteiger partial charge in [0, 0.05) is 50.9 Å². The summed E-state index contributed by atoms with van der Waals surface area (Å²) >= 11 is 0. The van der Waals surface area contributed by atoms with Crippen LogP contribution in [0.2, 0.25) is 11.1 Å². The maximum absolute atomic E-state index is 5.83. The quantitative estimate of drug-likeness (QED) is 0.313. The first-order valence-electron chi connectivity index (χ1n) is 11.6. The third kappa shape index (κ3) is 10.9. The van der Waals surface area contributed by atoms with Gasteiger partial charge in [-0.25, -0.2) is 0 Å². The van der Waals surface area contributed by atoms with Crippen LogP contribution >= 0.6 is 0 Å². The van der Waals surface area contributed by atoms with Crippen molar-refractivity contribution in [2.45, 2.75) is 65.5 Å². The maximum Gasteiger partial charge on any atom is 0.324 e. The first kappa shape index (κ1) is 27.1. The zero-order valence-corrected chi connectivity index (χ0v) is 22.2. The molecular formula is C22H44N2O4Si2. The highest BCUT2D eigenvalue weighted by atomic mass is 28.3. The van der Waals surface area contributed by atoms with Gasteiger partial charge in [0.05, 0.1) is 0 Å². The molecule has 174 valence electrons. The molecule has 8 heteroatoms. The van der Waals surface area contributed by atoms with Crippen molar-refractivity contribution < 1.29 is 17.7 Å². The lowest BCUT2D eigenvalue weighted by Gasteiger charge is -2.22. The summed E-state index contributed by atoms with van der Waals surface area (Å²) in [6, 6.07) is 8.53. The lowest BCUT2D eigenvalue weighted by Crippen LogP contribution is -2.29. The van der Waals surface area contributed by atoms with Gasteiger partial charge in [-0.1, -0.05) is 13.8 Å². The SMILES string of the molecule is CCO[SiH](OCC)C(C)CCNc1ccc(NCCC(C)[SiH](OCC)OCC)cc1. The van der Waals surface area contributed by atoms with Gasteiger partial charge < -0.3 is 28.3 Å². The highest BCUT2D eigenvalue weighted by Crippen LogP contribution is 2.20. The molecule has 0 aliphatic carbocycles. The van der Waals surface area contributed by atoms with Crippen LogP contribution in [-0.2, 0) is 17.7 Å². The van der Waals surface area contributed by atoms with E-state index in [2.05, 4.69) is 48.7 Å². The first-order valence-corrected chi connectivity index (χ1v) is 14.8. The summed E-state index contributed by atoms with van der Waals surface area (Å²) in [6.07, 6.45) is 2.11. The van der Waals surface area contributed by atoms with E-state index in [9.17, 15) is 0 Å². The second kappa shape index (κ2) is 16.7. The number of hydrogen-bond acceptors (Lipinski definition) is 6. The Bertz CT molecular complexity index is 477. The summed E-state index contributed by atoms with van der Waals surface area (Å²) < 4.78 is 23.3. The Hall–Kier alpha value is -0.906. The molecule has 0 aliphatic heterocycles. The minimum atomic E-state index is -1.57. The fourth-order valence-corrected chi connectivity index (χ4v) is 6.98. The smallest absolute Gasteiger partial charge is 0.324 e. The lowest BCUT2D eigenvalue weighted by molar-refractivity contribution is 0.204. The third-order valence-electron chi connectivity index (χ3n) is 5.00. The molecule has 0 spiro atoms. The first-order chi connectivity index (χ1) is 14.5. The van der Waals surface area contributed by atoms with E-state index in [1.54, 1.807) is 0 Å². The minimum Gasteiger partial charge on any atom is -0.397 e. The van der Waals surface area contributed by atoms with Gasteiger partial charge in [-0.2, -0.15) is 0 Å². The van der Waals surface area contributed by atoms with Gasteiger partial charge >= 0.3 is 18.6 Å². The molecule has 2 atom stereocenters. The number of benzene rings is 1. The average Bonchev–Trinajstić information content (AvgIpc) is 2.74. The van der Waals surface area contributed by atoms with Gasteiger partial charge in [-0.3, -0.25) is 0 Å². The Labute approximate surface area is 187 Å². The second-order valence-electron chi connectivity index (χ2n) is 7.52. The predicted molar refractivity (Wildman–Crippen MR) is 132 cm³/mol. The standard InChI is InChI=1S/C22H44N2O4Si2/c1-7-25-29(26-8-2)19(5)15-17-23-21-11-13-22(14-12-21)24-18-16-20(6)30(27-9-3)28-10-4/h11-14,19-20,23-24,29-30H,7-10,15-18H2,1-6H3. The molecular weight excluding hydrogens is 412 g/mol. The van der Waals surface area contributed by atoms with Gasteiger partial charge in [0.2, 0.25) is 0 Å². The molecule has 6 nitrogen and oxygen atoms in total. The van der Waals surface area contributed by atoms with E-state index in [4.69, 9.17) is 17.7 Å². The van der Waals surface area contributed by atoms with E-state index in [0.29, 0.717) is 11.1 Å². The summed E-state index contributed by atoms with van der Waals surface area (Å²) in [7, 11) is -3.13. The molecule has 2 unspecified atom stereocenters. The van der Waals surface area contributed by atoms with Crippen molar-refractivity contribution in [1.29, 1.82) is 0 Å². The van der Waals surface area contributed by atoms with Gasteiger partial charge in [0.15, 0.2) is 0 Å². The summed E-state index contributed by atoms with van der Waals surface area (Å²) in [5.41, 5.74) is 3.27. The summed E-state index contributed by atoms with van der Waals surface area (Å²) in [5, 5.41) is 7.03. The van der Waals surface area contributed by atoms with Gasteiger partial charge in [-0.05, 0) is 75.9 Å². The molecule has 0 saturated carbocycles. The van der Waals surface area contributed by atoms with Crippen LogP contribution in [0.15, 0.2) is 24.3 Å². The molecule has 1 rings (SSSR count). The zero-order chi connectivity index (χ0) is 22.2. The van der Waals surface area contributed by atoms with Crippen molar-refractivity contribution >= 4 is 29.9 Å². The maximum atomic E-state index is 5.83. The Balaban J connectivity index is 2.34. The van der Waals surface area contributed by atoms with Crippen molar-refractivity contribution in [3.63, 3.8) is 0 Å². The molecule has 0 saturated heterocycles. The van der Waals surface area contributed by atoms with Crippen LogP contribution < -0.4 is 10.6 Å². The number of anilines is 2. The molecule has 0 amide bonds. The van der Waals surface area contributed by atoms with Gasteiger partial charge in [-0.15, -0.1) is 0 Å². The van der Waals surface area contributed by atoms with Crippen LogP contribution in [0, 0.1) is 0 Å². The number of rotatable bonds is 18. The van der Waals surface area contributed by atoms with Gasteiger partial charge in [0.1, 0.15) is 0 Å². The summed E-state index contributed by atoms with van der Waals surface area (Å²) in [6.45, 7) is 17.4. The van der Waals surface area contributed by atoms with Crippen molar-refractivity contribution in [1.82, 2.24) is 0 Å². The van der Waals surface area contributed by atoms with E-state index in [1.807, 2.05) is 27.7 Å². The largest absolute Gasteiger partial charge is 0.397 e. The van der Waals surface area contributed by atoms with Crippen LogP contribution in [0.3, 0.4) is 0 Å². The van der Waals surface area contributed by atoms with E-state index in [-0.39, 0.29) is 0 Å². The lowest BCUT2D eigenvalue weighted by atomic mass is 10.2. The average molecular weight is 457 g/mol. The van der Waals surface area contributed by atoms with Crippen LogP contribution in [0.4, 0.5) is 11.4 Å². The second-order valence-corrected chi connectivity index (χ2v) is 12.6. The molecule has 0 aliphatic rings. The fourth-order valence-electron chi connectivity index (χ4n) is 3.28. The molecule has 0 fully saturated rings. The molecule has 0 bridgehead atoms. The number of hydrogen-bond donors (Lipinski definition) is 2. The van der Waals surface area contributed by atoms with Crippen LogP contribution in [0.5, 0.6) is 0 Å². The molecule has 1 aromatic carbocycles. The van der Waals surface area contributed by atoms with E-state index in [1.165, 1.54) is 0 Å². The van der Waals surface area contributed by atoms with Crippen molar-refractivity contribution in [2.75, 3.05) is 50.2 Å². The minimum absolute atomic E-state index is 0.487. The highest BCUT2D eigenvalue weighted by Gasteiger charge is 2.21. The fraction of sp³-hybridized carbons (Fsp3) is 0.727. The van der Waals surface area contributed by atoms with Crippen LogP contribution in [0.1, 0.15) is 54.4 Å². The predicted octanol–water partition coefficient (Wildman–Crippen LogP) is 4.66. The molecule has 0 radical (unpaired) electrons. The molecule has 0 aromatic heterocycles. The van der Waals surface area contributed by atoms with Crippen LogP contribution in [-0.4, -0.2) is 58.1 Å². The Morgan fingerprint density at radius 2 is 0.933 bits per heavy atom. The highest BCUT2D eigenvalue weighted by molar-refractivity contribution is 6.46. The van der Waals surface area contributed by atoms with E-state index < -0.39 is 18.6 Å².